The molecule has 70 valence electrons. The van der Waals surface area contributed by atoms with Crippen molar-refractivity contribution in [3.05, 3.63) is 18.4 Å². The van der Waals surface area contributed by atoms with E-state index in [1.807, 2.05) is 0 Å². The Kier molecular flexibility index (Phi) is 1.81. The molecule has 13 heavy (non-hydrogen) atoms. The van der Waals surface area contributed by atoms with E-state index >= 15 is 0 Å². The monoisotopic (exact) mass is 182 g/mol. The molecule has 1 amide bonds. The topological polar surface area (TPSA) is 78.4 Å². The third-order valence-corrected chi connectivity index (χ3v) is 2.25. The summed E-state index contributed by atoms with van der Waals surface area (Å²) in [4.78, 5) is 15.0. The molecule has 1 atom stereocenters. The number of amides is 1. The second kappa shape index (κ2) is 2.85. The number of nitrogens with zero attached hydrogens (tertiary/aromatic N) is 1. The molecule has 0 bridgehead atoms. The Morgan fingerprint density at radius 3 is 3.00 bits per heavy atom. The molecule has 0 spiro atoms. The molecule has 2 rings (SSSR count). The summed E-state index contributed by atoms with van der Waals surface area (Å²) in [5, 5.41) is 0. The first-order chi connectivity index (χ1) is 6.26. The fourth-order valence-electron chi connectivity index (χ4n) is 1.56. The highest BCUT2D eigenvalue weighted by molar-refractivity contribution is 5.84. The van der Waals surface area contributed by atoms with E-state index in [-0.39, 0.29) is 0 Å². The van der Waals surface area contributed by atoms with Gasteiger partial charge in [-0.3, -0.25) is 4.79 Å². The van der Waals surface area contributed by atoms with E-state index in [1.165, 1.54) is 12.6 Å². The van der Waals surface area contributed by atoms with E-state index in [0.717, 1.165) is 6.42 Å². The van der Waals surface area contributed by atoms with Gasteiger partial charge in [-0.25, -0.2) is 4.98 Å². The van der Waals surface area contributed by atoms with Gasteiger partial charge in [0.1, 0.15) is 0 Å². The van der Waals surface area contributed by atoms with Crippen LogP contribution in [0.15, 0.2) is 17.0 Å². The Balaban J connectivity index is 2.39. The lowest BCUT2D eigenvalue weighted by Crippen LogP contribution is -2.40. The maximum Gasteiger partial charge on any atom is 0.257 e. The van der Waals surface area contributed by atoms with Gasteiger partial charge >= 0.3 is 0 Å². The number of hydrogen-bond donors (Lipinski definition) is 1. The van der Waals surface area contributed by atoms with Gasteiger partial charge in [-0.1, -0.05) is 0 Å². The first-order valence-corrected chi connectivity index (χ1v) is 4.08. The Hall–Kier alpha value is -1.36. The predicted octanol–water partition coefficient (Wildman–Crippen LogP) is 0.166. The van der Waals surface area contributed by atoms with E-state index < -0.39 is 11.5 Å². The van der Waals surface area contributed by atoms with Gasteiger partial charge in [0.15, 0.2) is 12.2 Å². The van der Waals surface area contributed by atoms with E-state index in [1.54, 1.807) is 0 Å². The zero-order chi connectivity index (χ0) is 9.31. The minimum absolute atomic E-state index is 0.400. The number of carbonyl (C=O) groups is 1. The van der Waals surface area contributed by atoms with Gasteiger partial charge in [-0.2, -0.15) is 0 Å². The number of rotatable bonds is 2. The number of aromatic nitrogens is 1. The average Bonchev–Trinajstić information content (AvgIpc) is 2.75. The SMILES string of the molecule is NC(=O)C1(c2cnco2)CCCO1. The third kappa shape index (κ3) is 1.12. The molecule has 1 unspecified atom stereocenters. The smallest absolute Gasteiger partial charge is 0.257 e. The van der Waals surface area contributed by atoms with Crippen molar-refractivity contribution in [2.45, 2.75) is 18.4 Å². The summed E-state index contributed by atoms with van der Waals surface area (Å²) in [6.07, 6.45) is 4.11. The van der Waals surface area contributed by atoms with Crippen molar-refractivity contribution in [3.8, 4) is 0 Å². The van der Waals surface area contributed by atoms with Crippen molar-refractivity contribution in [1.82, 2.24) is 4.98 Å². The second-order valence-electron chi connectivity index (χ2n) is 3.01. The van der Waals surface area contributed by atoms with Crippen LogP contribution in [0.5, 0.6) is 0 Å². The zero-order valence-corrected chi connectivity index (χ0v) is 7.03. The fourth-order valence-corrected chi connectivity index (χ4v) is 1.56. The number of primary amides is 1. The molecular formula is C8H10N2O3. The van der Waals surface area contributed by atoms with Gasteiger partial charge in [0.2, 0.25) is 5.60 Å². The lowest BCUT2D eigenvalue weighted by Gasteiger charge is -2.20. The van der Waals surface area contributed by atoms with Crippen LogP contribution in [0.3, 0.4) is 0 Å². The minimum Gasteiger partial charge on any atom is -0.445 e. The molecule has 2 N–H and O–H groups in total. The van der Waals surface area contributed by atoms with E-state index in [4.69, 9.17) is 14.9 Å². The van der Waals surface area contributed by atoms with Gasteiger partial charge in [-0.15, -0.1) is 0 Å². The molecule has 5 heteroatoms. The van der Waals surface area contributed by atoms with Gasteiger partial charge in [-0.05, 0) is 12.8 Å². The lowest BCUT2D eigenvalue weighted by atomic mass is 9.97. The summed E-state index contributed by atoms with van der Waals surface area (Å²) in [5.74, 6) is -0.112. The Morgan fingerprint density at radius 1 is 1.69 bits per heavy atom. The summed E-state index contributed by atoms with van der Waals surface area (Å²) in [5.41, 5.74) is 4.20. The van der Waals surface area contributed by atoms with Crippen molar-refractivity contribution in [1.29, 1.82) is 0 Å². The Labute approximate surface area is 74.9 Å². The molecule has 1 aliphatic rings. The summed E-state index contributed by atoms with van der Waals surface area (Å²) < 4.78 is 10.4. The molecule has 0 aromatic carbocycles. The average molecular weight is 182 g/mol. The molecule has 1 fully saturated rings. The second-order valence-corrected chi connectivity index (χ2v) is 3.01. The highest BCUT2D eigenvalue weighted by Crippen LogP contribution is 2.35. The predicted molar refractivity (Wildman–Crippen MR) is 42.6 cm³/mol. The quantitative estimate of drug-likeness (QED) is 0.706. The summed E-state index contributed by atoms with van der Waals surface area (Å²) >= 11 is 0. The number of ether oxygens (including phenoxy) is 1. The van der Waals surface area contributed by atoms with Crippen molar-refractivity contribution >= 4 is 5.91 Å². The summed E-state index contributed by atoms with van der Waals surface area (Å²) in [7, 11) is 0. The molecule has 1 aliphatic heterocycles. The molecule has 1 aromatic rings. The highest BCUT2D eigenvalue weighted by atomic mass is 16.5. The normalized spacial score (nSPS) is 27.7. The molecular weight excluding hydrogens is 172 g/mol. The lowest BCUT2D eigenvalue weighted by molar-refractivity contribution is -0.141. The fraction of sp³-hybridized carbons (Fsp3) is 0.500. The van der Waals surface area contributed by atoms with Gasteiger partial charge in [0.25, 0.3) is 5.91 Å². The van der Waals surface area contributed by atoms with Crippen LogP contribution in [0, 0.1) is 0 Å². The maximum absolute atomic E-state index is 11.2. The van der Waals surface area contributed by atoms with Crippen LogP contribution in [0.25, 0.3) is 0 Å². The summed E-state index contributed by atoms with van der Waals surface area (Å²) in [6, 6.07) is 0. The van der Waals surface area contributed by atoms with Crippen molar-refractivity contribution in [2.75, 3.05) is 6.61 Å². The zero-order valence-electron chi connectivity index (χ0n) is 7.03. The Morgan fingerprint density at radius 2 is 2.54 bits per heavy atom. The number of oxazole rings is 1. The van der Waals surface area contributed by atoms with Crippen molar-refractivity contribution in [2.24, 2.45) is 5.73 Å². The molecule has 2 heterocycles. The molecule has 5 nitrogen and oxygen atoms in total. The third-order valence-electron chi connectivity index (χ3n) is 2.25. The van der Waals surface area contributed by atoms with Gasteiger partial charge < -0.3 is 14.9 Å². The molecule has 1 saturated heterocycles. The Bertz CT molecular complexity index is 301. The summed E-state index contributed by atoms with van der Waals surface area (Å²) in [6.45, 7) is 0.531. The van der Waals surface area contributed by atoms with Gasteiger partial charge in [0, 0.05) is 6.61 Å². The van der Waals surface area contributed by atoms with E-state index in [9.17, 15) is 4.79 Å². The van der Waals surface area contributed by atoms with Crippen LogP contribution in [0.2, 0.25) is 0 Å². The minimum atomic E-state index is -1.07. The first kappa shape index (κ1) is 8.25. The van der Waals surface area contributed by atoms with Crippen LogP contribution in [0.1, 0.15) is 18.6 Å². The molecule has 0 aliphatic carbocycles. The highest BCUT2D eigenvalue weighted by Gasteiger charge is 2.45. The first-order valence-electron chi connectivity index (χ1n) is 4.08. The van der Waals surface area contributed by atoms with Gasteiger partial charge in [0.05, 0.1) is 6.20 Å². The van der Waals surface area contributed by atoms with Crippen molar-refractivity contribution in [3.63, 3.8) is 0 Å². The number of hydrogen-bond acceptors (Lipinski definition) is 4. The molecule has 0 radical (unpaired) electrons. The van der Waals surface area contributed by atoms with E-state index in [2.05, 4.69) is 4.98 Å². The largest absolute Gasteiger partial charge is 0.445 e. The van der Waals surface area contributed by atoms with E-state index in [0.29, 0.717) is 18.8 Å². The maximum atomic E-state index is 11.2. The molecule has 1 aromatic heterocycles. The van der Waals surface area contributed by atoms with Crippen LogP contribution in [0.4, 0.5) is 0 Å². The van der Waals surface area contributed by atoms with Crippen LogP contribution in [-0.4, -0.2) is 17.5 Å². The van der Waals surface area contributed by atoms with Crippen LogP contribution in [-0.2, 0) is 15.1 Å². The standard InChI is InChI=1S/C8H10N2O3/c9-7(11)8(2-1-3-13-8)6-4-10-5-12-6/h4-5H,1-3H2,(H2,9,11). The van der Waals surface area contributed by atoms with Crippen LogP contribution < -0.4 is 5.73 Å². The number of nitrogens with two attached hydrogens (primary N) is 1. The number of carbonyl (C=O) groups excluding carboxylic acids is 1. The van der Waals surface area contributed by atoms with Crippen LogP contribution >= 0.6 is 0 Å². The van der Waals surface area contributed by atoms with Crippen molar-refractivity contribution < 1.29 is 13.9 Å². The molecule has 0 saturated carbocycles.